The second kappa shape index (κ2) is 6.86. The van der Waals surface area contributed by atoms with Crippen LogP contribution in [0.1, 0.15) is 18.3 Å². The molecule has 2 aromatic rings. The minimum absolute atomic E-state index is 0.411. The van der Waals surface area contributed by atoms with Gasteiger partial charge in [0.15, 0.2) is 5.82 Å². The maximum absolute atomic E-state index is 5.36. The van der Waals surface area contributed by atoms with Crippen LogP contribution in [0.5, 0.6) is 0 Å². The molecule has 0 aliphatic rings. The van der Waals surface area contributed by atoms with Crippen LogP contribution >= 0.6 is 0 Å². The summed E-state index contributed by atoms with van der Waals surface area (Å²) in [6, 6.07) is 10.0. The van der Waals surface area contributed by atoms with Crippen LogP contribution in [-0.4, -0.2) is 23.6 Å². The van der Waals surface area contributed by atoms with E-state index in [9.17, 15) is 0 Å². The highest BCUT2D eigenvalue weighted by molar-refractivity contribution is 5.59. The van der Waals surface area contributed by atoms with Crippen molar-refractivity contribution in [2.45, 2.75) is 20.5 Å². The summed E-state index contributed by atoms with van der Waals surface area (Å²) < 4.78 is 5.36. The maximum atomic E-state index is 5.36. The Morgan fingerprint density at radius 3 is 2.65 bits per heavy atom. The Morgan fingerprint density at radius 2 is 1.95 bits per heavy atom. The van der Waals surface area contributed by atoms with Crippen molar-refractivity contribution in [3.8, 4) is 0 Å². The van der Waals surface area contributed by atoms with Crippen LogP contribution in [0.4, 0.5) is 17.3 Å². The molecule has 2 N–H and O–H groups in total. The molecule has 2 rings (SSSR count). The van der Waals surface area contributed by atoms with Crippen LogP contribution in [0.3, 0.4) is 0 Å². The molecule has 1 aromatic heterocycles. The van der Waals surface area contributed by atoms with Crippen molar-refractivity contribution < 1.29 is 4.74 Å². The van der Waals surface area contributed by atoms with E-state index in [1.54, 1.807) is 0 Å². The molecule has 0 amide bonds. The molecule has 0 fully saturated rings. The van der Waals surface area contributed by atoms with Crippen molar-refractivity contribution in [2.75, 3.05) is 24.3 Å². The molecule has 0 saturated carbocycles. The normalized spacial score (nSPS) is 10.3. The highest BCUT2D eigenvalue weighted by Gasteiger charge is 2.04. The zero-order chi connectivity index (χ0) is 14.4. The molecular formula is C15H20N4O. The number of hydrogen-bond acceptors (Lipinski definition) is 5. The molecule has 0 saturated heterocycles. The van der Waals surface area contributed by atoms with Crippen LogP contribution in [0.2, 0.25) is 0 Å². The van der Waals surface area contributed by atoms with Crippen LogP contribution in [0.25, 0.3) is 0 Å². The minimum atomic E-state index is 0.411. The quantitative estimate of drug-likeness (QED) is 0.846. The first kappa shape index (κ1) is 14.3. The van der Waals surface area contributed by atoms with Gasteiger partial charge in [-0.3, -0.25) is 0 Å². The first-order chi connectivity index (χ1) is 9.71. The van der Waals surface area contributed by atoms with E-state index in [4.69, 9.17) is 4.74 Å². The lowest BCUT2D eigenvalue weighted by Crippen LogP contribution is -2.05. The predicted molar refractivity (Wildman–Crippen MR) is 81.4 cm³/mol. The van der Waals surface area contributed by atoms with Gasteiger partial charge in [0, 0.05) is 25.4 Å². The molecule has 0 aliphatic heterocycles. The van der Waals surface area contributed by atoms with Gasteiger partial charge in [-0.15, -0.1) is 0 Å². The van der Waals surface area contributed by atoms with Crippen LogP contribution < -0.4 is 10.6 Å². The summed E-state index contributed by atoms with van der Waals surface area (Å²) in [4.78, 5) is 8.82. The second-order valence-corrected chi connectivity index (χ2v) is 4.44. The molecule has 0 bridgehead atoms. The van der Waals surface area contributed by atoms with Gasteiger partial charge in [-0.2, -0.15) is 0 Å². The number of nitrogens with one attached hydrogen (secondary N) is 2. The molecule has 5 nitrogen and oxygen atoms in total. The second-order valence-electron chi connectivity index (χ2n) is 4.44. The lowest BCUT2D eigenvalue weighted by molar-refractivity contribution is 0.128. The number of nitrogens with zero attached hydrogens (tertiary/aromatic N) is 2. The Kier molecular flexibility index (Phi) is 4.90. The number of ether oxygens (including phenoxy) is 1. The average Bonchev–Trinajstić information content (AvgIpc) is 2.45. The van der Waals surface area contributed by atoms with E-state index < -0.39 is 0 Å². The van der Waals surface area contributed by atoms with Crippen molar-refractivity contribution in [3.05, 3.63) is 41.7 Å². The van der Waals surface area contributed by atoms with E-state index in [1.807, 2.05) is 32.2 Å². The van der Waals surface area contributed by atoms with E-state index in [2.05, 4.69) is 39.7 Å². The molecule has 5 heteroatoms. The zero-order valence-electron chi connectivity index (χ0n) is 12.1. The zero-order valence-corrected chi connectivity index (χ0v) is 12.1. The predicted octanol–water partition coefficient (Wildman–Crippen LogP) is 3.11. The Hall–Kier alpha value is -2.14. The lowest BCUT2D eigenvalue weighted by Gasteiger charge is -2.10. The Balaban J connectivity index is 2.21. The number of aromatic nitrogens is 2. The third-order valence-corrected chi connectivity index (χ3v) is 2.75. The molecule has 1 heterocycles. The fraction of sp³-hybridized carbons (Fsp3) is 0.333. The van der Waals surface area contributed by atoms with Gasteiger partial charge in [0.2, 0.25) is 0 Å². The molecular weight excluding hydrogens is 252 g/mol. The molecule has 0 radical (unpaired) electrons. The molecule has 1 aromatic carbocycles. The Bertz CT molecular complexity index is 572. The van der Waals surface area contributed by atoms with E-state index >= 15 is 0 Å². The highest BCUT2D eigenvalue weighted by Crippen LogP contribution is 2.18. The fourth-order valence-electron chi connectivity index (χ4n) is 1.82. The van der Waals surface area contributed by atoms with Crippen LogP contribution in [0, 0.1) is 6.92 Å². The summed E-state index contributed by atoms with van der Waals surface area (Å²) in [5.41, 5.74) is 2.21. The molecule has 0 unspecified atom stereocenters. The monoisotopic (exact) mass is 272 g/mol. The van der Waals surface area contributed by atoms with Gasteiger partial charge in [0.05, 0.1) is 0 Å². The van der Waals surface area contributed by atoms with Crippen molar-refractivity contribution >= 4 is 17.3 Å². The summed E-state index contributed by atoms with van der Waals surface area (Å²) in [7, 11) is 1.84. The topological polar surface area (TPSA) is 59.1 Å². The SMILES string of the molecule is CCOCc1nc(NC)cc(Nc2cccc(C)c2)n1. The van der Waals surface area contributed by atoms with Gasteiger partial charge in [-0.1, -0.05) is 12.1 Å². The molecule has 0 spiro atoms. The third kappa shape index (κ3) is 3.93. The average molecular weight is 272 g/mol. The number of hydrogen-bond donors (Lipinski definition) is 2. The van der Waals surface area contributed by atoms with Crippen molar-refractivity contribution in [1.29, 1.82) is 0 Å². The Labute approximate surface area is 119 Å². The summed E-state index contributed by atoms with van der Waals surface area (Å²) in [6.45, 7) is 5.07. The van der Waals surface area contributed by atoms with Gasteiger partial charge in [0.25, 0.3) is 0 Å². The highest BCUT2D eigenvalue weighted by atomic mass is 16.5. The summed E-state index contributed by atoms with van der Waals surface area (Å²) >= 11 is 0. The van der Waals surface area contributed by atoms with Crippen molar-refractivity contribution in [2.24, 2.45) is 0 Å². The molecule has 0 atom stereocenters. The summed E-state index contributed by atoms with van der Waals surface area (Å²) in [5.74, 6) is 2.18. The summed E-state index contributed by atoms with van der Waals surface area (Å²) in [5, 5.41) is 6.32. The van der Waals surface area contributed by atoms with Crippen LogP contribution in [0.15, 0.2) is 30.3 Å². The van der Waals surface area contributed by atoms with Crippen LogP contribution in [-0.2, 0) is 11.3 Å². The smallest absolute Gasteiger partial charge is 0.158 e. The van der Waals surface area contributed by atoms with E-state index in [1.165, 1.54) is 5.56 Å². The number of rotatable bonds is 6. The maximum Gasteiger partial charge on any atom is 0.158 e. The van der Waals surface area contributed by atoms with Gasteiger partial charge < -0.3 is 15.4 Å². The third-order valence-electron chi connectivity index (χ3n) is 2.75. The fourth-order valence-corrected chi connectivity index (χ4v) is 1.82. The standard InChI is InChI=1S/C15H20N4O/c1-4-20-10-15-18-13(16-3)9-14(19-15)17-12-7-5-6-11(2)8-12/h5-9H,4,10H2,1-3H3,(H2,16,17,18,19). The summed E-state index contributed by atoms with van der Waals surface area (Å²) in [6.07, 6.45) is 0. The molecule has 106 valence electrons. The molecule has 0 aliphatic carbocycles. The number of benzene rings is 1. The molecule has 20 heavy (non-hydrogen) atoms. The van der Waals surface area contributed by atoms with E-state index in [0.717, 1.165) is 17.3 Å². The number of anilines is 3. The number of aryl methyl sites for hydroxylation is 1. The lowest BCUT2D eigenvalue weighted by atomic mass is 10.2. The largest absolute Gasteiger partial charge is 0.374 e. The first-order valence-electron chi connectivity index (χ1n) is 6.68. The van der Waals surface area contributed by atoms with Gasteiger partial charge in [-0.25, -0.2) is 9.97 Å². The van der Waals surface area contributed by atoms with Gasteiger partial charge >= 0.3 is 0 Å². The minimum Gasteiger partial charge on any atom is -0.374 e. The van der Waals surface area contributed by atoms with Crippen molar-refractivity contribution in [1.82, 2.24) is 9.97 Å². The van der Waals surface area contributed by atoms with Gasteiger partial charge in [-0.05, 0) is 31.5 Å². The first-order valence-corrected chi connectivity index (χ1v) is 6.68. The van der Waals surface area contributed by atoms with E-state index in [0.29, 0.717) is 19.0 Å². The van der Waals surface area contributed by atoms with Crippen molar-refractivity contribution in [3.63, 3.8) is 0 Å². The Morgan fingerprint density at radius 1 is 1.15 bits per heavy atom. The van der Waals surface area contributed by atoms with E-state index in [-0.39, 0.29) is 0 Å². The van der Waals surface area contributed by atoms with Gasteiger partial charge in [0.1, 0.15) is 18.2 Å².